The molecule has 1 atom stereocenters. The Balaban J connectivity index is 1.61. The lowest BCUT2D eigenvalue weighted by Gasteiger charge is -2.59. The fourth-order valence-electron chi connectivity index (χ4n) is 9.32. The van der Waals surface area contributed by atoms with Crippen molar-refractivity contribution in [2.75, 3.05) is 65.8 Å². The topological polar surface area (TPSA) is 199 Å². The average molecular weight is 1050 g/mol. The van der Waals surface area contributed by atoms with Gasteiger partial charge in [-0.15, -0.1) is 0 Å². The van der Waals surface area contributed by atoms with E-state index in [1.54, 1.807) is 0 Å². The third-order valence-corrected chi connectivity index (χ3v) is 14.2. The van der Waals surface area contributed by atoms with Gasteiger partial charge in [-0.05, 0) is 135 Å². The summed E-state index contributed by atoms with van der Waals surface area (Å²) in [5.41, 5.74) is -2.01. The molecule has 3 saturated carbocycles. The van der Waals surface area contributed by atoms with E-state index in [0.29, 0.717) is 70.6 Å². The second kappa shape index (κ2) is 39.0. The van der Waals surface area contributed by atoms with Crippen LogP contribution in [-0.2, 0) is 61.9 Å². The highest BCUT2D eigenvalue weighted by molar-refractivity contribution is 5.80. The Morgan fingerprint density at radius 1 is 0.527 bits per heavy atom. The molecule has 422 valence electrons. The molecule has 1 saturated heterocycles. The maximum absolute atomic E-state index is 13.6. The van der Waals surface area contributed by atoms with E-state index >= 15 is 0 Å². The van der Waals surface area contributed by atoms with Gasteiger partial charge in [0, 0.05) is 45.2 Å². The Labute approximate surface area is 443 Å². The van der Waals surface area contributed by atoms with E-state index in [2.05, 4.69) is 43.1 Å². The SMILES string of the molecule is CCCCC/C=C\CCOC(=O)CCCCC(=O)OCC(COC(=O)CCCCC(=O)OCC/C=C\CCCCC)(COC(=O)CCC(CCCCCC)OC(=O)NCCN1CCCC1)COC(=O)C12CC(C1)C2. The van der Waals surface area contributed by atoms with E-state index in [0.717, 1.165) is 103 Å². The number of hydrogen-bond donors (Lipinski definition) is 1. The Morgan fingerprint density at radius 3 is 1.45 bits per heavy atom. The highest BCUT2D eigenvalue weighted by Gasteiger charge is 2.62. The van der Waals surface area contributed by atoms with E-state index in [9.17, 15) is 33.6 Å². The molecule has 0 aromatic rings. The summed E-state index contributed by atoms with van der Waals surface area (Å²) in [5.74, 6) is -2.35. The van der Waals surface area contributed by atoms with Gasteiger partial charge in [-0.25, -0.2) is 4.79 Å². The molecular formula is C58H96N2O14. The third-order valence-electron chi connectivity index (χ3n) is 14.2. The number of rotatable bonds is 45. The number of alkyl carbamates (subject to hydrolysis) is 1. The molecule has 0 aromatic carbocycles. The van der Waals surface area contributed by atoms with E-state index in [-0.39, 0.29) is 63.0 Å². The average Bonchev–Trinajstić information content (AvgIpc) is 3.88. The van der Waals surface area contributed by atoms with Crippen molar-refractivity contribution in [3.63, 3.8) is 0 Å². The van der Waals surface area contributed by atoms with Crippen molar-refractivity contribution in [1.29, 1.82) is 0 Å². The van der Waals surface area contributed by atoms with Crippen molar-refractivity contribution in [3.05, 3.63) is 24.3 Å². The molecule has 1 heterocycles. The van der Waals surface area contributed by atoms with Gasteiger partial charge >= 0.3 is 41.9 Å². The Bertz CT molecular complexity index is 1610. The number of carbonyl (C=O) groups excluding carboxylic acids is 7. The number of ether oxygens (including phenoxy) is 7. The van der Waals surface area contributed by atoms with Crippen LogP contribution in [0.3, 0.4) is 0 Å². The van der Waals surface area contributed by atoms with E-state index in [1.165, 1.54) is 25.7 Å². The van der Waals surface area contributed by atoms with Crippen LogP contribution in [0.1, 0.15) is 213 Å². The number of nitrogens with zero attached hydrogens (tertiary/aromatic N) is 1. The van der Waals surface area contributed by atoms with Crippen molar-refractivity contribution in [2.45, 2.75) is 219 Å². The lowest BCUT2D eigenvalue weighted by atomic mass is 9.44. The lowest BCUT2D eigenvalue weighted by molar-refractivity contribution is -0.199. The van der Waals surface area contributed by atoms with Gasteiger partial charge in [0.2, 0.25) is 0 Å². The smallest absolute Gasteiger partial charge is 0.407 e. The number of unbranched alkanes of at least 4 members (excludes halogenated alkanes) is 11. The van der Waals surface area contributed by atoms with Crippen LogP contribution in [-0.4, -0.2) is 119 Å². The lowest BCUT2D eigenvalue weighted by Crippen LogP contribution is -2.58. The van der Waals surface area contributed by atoms with Crippen molar-refractivity contribution in [3.8, 4) is 0 Å². The first kappa shape index (κ1) is 63.8. The van der Waals surface area contributed by atoms with Crippen molar-refractivity contribution < 1.29 is 66.7 Å². The number of esters is 6. The predicted octanol–water partition coefficient (Wildman–Crippen LogP) is 11.1. The Hall–Kier alpha value is -4.47. The Morgan fingerprint density at radius 2 is 0.973 bits per heavy atom. The van der Waals surface area contributed by atoms with Crippen LogP contribution in [0, 0.1) is 16.7 Å². The first-order valence-electron chi connectivity index (χ1n) is 28.8. The molecule has 0 radical (unpaired) electrons. The highest BCUT2D eigenvalue weighted by atomic mass is 16.6. The second-order valence-corrected chi connectivity index (χ2v) is 21.1. The minimum absolute atomic E-state index is 0.0165. The summed E-state index contributed by atoms with van der Waals surface area (Å²) < 4.78 is 39.8. The van der Waals surface area contributed by atoms with Crippen molar-refractivity contribution in [2.24, 2.45) is 16.7 Å². The number of likely N-dealkylation sites (tertiary alicyclic amines) is 1. The number of amides is 1. The number of allylic oxidation sites excluding steroid dienone is 2. The molecule has 1 unspecified atom stereocenters. The number of carbonyl (C=O) groups is 7. The molecule has 1 aliphatic heterocycles. The van der Waals surface area contributed by atoms with Gasteiger partial charge in [-0.2, -0.15) is 0 Å². The minimum Gasteiger partial charge on any atom is -0.465 e. The van der Waals surface area contributed by atoms with Gasteiger partial charge in [-0.3, -0.25) is 28.8 Å². The zero-order chi connectivity index (χ0) is 53.5. The van der Waals surface area contributed by atoms with Crippen molar-refractivity contribution in [1.82, 2.24) is 10.2 Å². The van der Waals surface area contributed by atoms with Crippen LogP contribution < -0.4 is 5.32 Å². The maximum Gasteiger partial charge on any atom is 0.407 e. The van der Waals surface area contributed by atoms with Gasteiger partial charge in [0.05, 0.1) is 18.6 Å². The highest BCUT2D eigenvalue weighted by Crippen LogP contribution is 2.65. The molecule has 16 nitrogen and oxygen atoms in total. The molecular weight excluding hydrogens is 949 g/mol. The van der Waals surface area contributed by atoms with Crippen molar-refractivity contribution >= 4 is 41.9 Å². The summed E-state index contributed by atoms with van der Waals surface area (Å²) >= 11 is 0. The molecule has 4 aliphatic rings. The summed E-state index contributed by atoms with van der Waals surface area (Å²) in [7, 11) is 0. The van der Waals surface area contributed by atoms with Gasteiger partial charge in [0.25, 0.3) is 0 Å². The molecule has 4 rings (SSSR count). The molecule has 4 fully saturated rings. The first-order valence-corrected chi connectivity index (χ1v) is 28.8. The molecule has 16 heteroatoms. The molecule has 74 heavy (non-hydrogen) atoms. The zero-order valence-electron chi connectivity index (χ0n) is 45.9. The van der Waals surface area contributed by atoms with Crippen LogP contribution in [0.2, 0.25) is 0 Å². The molecule has 3 aliphatic carbocycles. The number of nitrogens with one attached hydrogen (secondary N) is 1. The molecule has 1 N–H and O–H groups in total. The number of hydrogen-bond acceptors (Lipinski definition) is 15. The van der Waals surface area contributed by atoms with Crippen LogP contribution >= 0.6 is 0 Å². The maximum atomic E-state index is 13.6. The zero-order valence-corrected chi connectivity index (χ0v) is 45.9. The summed E-state index contributed by atoms with van der Waals surface area (Å²) in [6.45, 7) is 8.72. The predicted molar refractivity (Wildman–Crippen MR) is 283 cm³/mol. The largest absolute Gasteiger partial charge is 0.465 e. The quantitative estimate of drug-likeness (QED) is 0.0261. The molecule has 1 amide bonds. The van der Waals surface area contributed by atoms with Crippen LogP contribution in [0.4, 0.5) is 4.79 Å². The summed E-state index contributed by atoms with van der Waals surface area (Å²) in [4.78, 5) is 93.4. The van der Waals surface area contributed by atoms with Gasteiger partial charge in [-0.1, -0.05) is 90.0 Å². The van der Waals surface area contributed by atoms with Crippen LogP contribution in [0.15, 0.2) is 24.3 Å². The van der Waals surface area contributed by atoms with E-state index < -0.39 is 60.8 Å². The van der Waals surface area contributed by atoms with Crippen LogP contribution in [0.25, 0.3) is 0 Å². The van der Waals surface area contributed by atoms with Crippen LogP contribution in [0.5, 0.6) is 0 Å². The minimum atomic E-state index is -1.46. The summed E-state index contributed by atoms with van der Waals surface area (Å²) in [6, 6.07) is 0. The first-order chi connectivity index (χ1) is 35.9. The fourth-order valence-corrected chi connectivity index (χ4v) is 9.32. The Kier molecular flexibility index (Phi) is 33.6. The van der Waals surface area contributed by atoms with Gasteiger partial charge in [0.15, 0.2) is 0 Å². The standard InChI is InChI=1S/C58H96N2O14/c1-4-7-10-13-15-17-26-39-68-50(61)29-20-22-31-52(63)70-44-57(47-73-55(66)58-41-48(42-58)43-58,45-71-53(64)32-23-21-30-51(62)69-40-27-18-16-14-11-8-5-2)46-72-54(65)34-33-49(28-19-12-9-6-3)74-56(67)59-35-38-60-36-24-25-37-60/h15-18,48-49H,4-14,19-47H2,1-3H3,(H,59,67)/b17-15-,18-16-. The fraction of sp³-hybridized carbons (Fsp3) is 0.810. The normalized spacial score (nSPS) is 17.5. The van der Waals surface area contributed by atoms with Gasteiger partial charge in [0.1, 0.15) is 37.9 Å². The third kappa shape index (κ3) is 28.4. The molecule has 0 aromatic heterocycles. The van der Waals surface area contributed by atoms with Gasteiger partial charge < -0.3 is 43.4 Å². The van der Waals surface area contributed by atoms with E-state index in [4.69, 9.17) is 33.2 Å². The molecule has 2 bridgehead atoms. The second-order valence-electron chi connectivity index (χ2n) is 21.1. The summed E-state index contributed by atoms with van der Waals surface area (Å²) in [5, 5.41) is 2.85. The van der Waals surface area contributed by atoms with E-state index in [1.807, 2.05) is 12.2 Å². The molecule has 0 spiro atoms. The summed E-state index contributed by atoms with van der Waals surface area (Å²) in [6.07, 6.45) is 28.4. The monoisotopic (exact) mass is 1040 g/mol.